The highest BCUT2D eigenvalue weighted by Gasteiger charge is 2.34. The average Bonchev–Trinajstić information content (AvgIpc) is 2.29. The first-order valence-electron chi connectivity index (χ1n) is 5.24. The molecule has 1 aromatic carbocycles. The lowest BCUT2D eigenvalue weighted by Crippen LogP contribution is -2.10. The van der Waals surface area contributed by atoms with Crippen molar-refractivity contribution in [2.45, 2.75) is 26.9 Å². The van der Waals surface area contributed by atoms with Gasteiger partial charge in [-0.2, -0.15) is 13.2 Å². The average molecular weight is 250 g/mol. The smallest absolute Gasteiger partial charge is 0.419 e. The van der Waals surface area contributed by atoms with Crippen molar-refractivity contribution in [3.63, 3.8) is 0 Å². The van der Waals surface area contributed by atoms with Crippen molar-refractivity contribution in [1.82, 2.24) is 0 Å². The summed E-state index contributed by atoms with van der Waals surface area (Å²) in [5.74, 6) is -0.213. The van der Waals surface area contributed by atoms with E-state index in [1.807, 2.05) is 13.8 Å². The number of alkyl halides is 3. The van der Waals surface area contributed by atoms with Crippen LogP contribution in [0.25, 0.3) is 0 Å². The van der Waals surface area contributed by atoms with Gasteiger partial charge in [0.15, 0.2) is 6.79 Å². The topological polar surface area (TPSA) is 18.5 Å². The maximum absolute atomic E-state index is 12.5. The number of halogens is 3. The summed E-state index contributed by atoms with van der Waals surface area (Å²) < 4.78 is 47.0. The molecule has 0 atom stereocenters. The van der Waals surface area contributed by atoms with Gasteiger partial charge in [0.1, 0.15) is 5.75 Å². The van der Waals surface area contributed by atoms with Gasteiger partial charge in [-0.1, -0.05) is 25.5 Å². The van der Waals surface area contributed by atoms with Crippen LogP contribution in [-0.4, -0.2) is 13.9 Å². The first kappa shape index (κ1) is 15.8. The van der Waals surface area contributed by atoms with Crippen LogP contribution >= 0.6 is 0 Å². The molecule has 0 unspecified atom stereocenters. The Labute approximate surface area is 99.4 Å². The molecule has 0 spiro atoms. The standard InChI is InChI=1S/C10H11F3O2.C2H6/c1-7-3-4-9(15-6-14-2)8(5-7)10(11,12)13;1-2/h3-5H,6H2,1-2H3;1-2H3. The van der Waals surface area contributed by atoms with E-state index >= 15 is 0 Å². The van der Waals surface area contributed by atoms with E-state index < -0.39 is 11.7 Å². The second-order valence-corrected chi connectivity index (χ2v) is 3.05. The molecule has 1 rings (SSSR count). The second-order valence-electron chi connectivity index (χ2n) is 3.05. The molecule has 0 aliphatic rings. The molecule has 0 heterocycles. The zero-order valence-corrected chi connectivity index (χ0v) is 10.4. The molecule has 5 heteroatoms. The molecule has 0 saturated carbocycles. The van der Waals surface area contributed by atoms with Gasteiger partial charge in [0.05, 0.1) is 5.56 Å². The van der Waals surface area contributed by atoms with E-state index in [2.05, 4.69) is 4.74 Å². The highest BCUT2D eigenvalue weighted by Crippen LogP contribution is 2.36. The fourth-order valence-corrected chi connectivity index (χ4v) is 1.11. The molecular weight excluding hydrogens is 233 g/mol. The number of benzene rings is 1. The number of hydrogen-bond donors (Lipinski definition) is 0. The van der Waals surface area contributed by atoms with Gasteiger partial charge >= 0.3 is 6.18 Å². The highest BCUT2D eigenvalue weighted by atomic mass is 19.4. The van der Waals surface area contributed by atoms with Crippen molar-refractivity contribution >= 4 is 0 Å². The fraction of sp³-hybridized carbons (Fsp3) is 0.500. The predicted molar refractivity (Wildman–Crippen MR) is 60.0 cm³/mol. The molecule has 0 aromatic heterocycles. The zero-order valence-electron chi connectivity index (χ0n) is 10.4. The van der Waals surface area contributed by atoms with Gasteiger partial charge in [-0.25, -0.2) is 0 Å². The Morgan fingerprint density at radius 1 is 1.18 bits per heavy atom. The lowest BCUT2D eigenvalue weighted by atomic mass is 10.1. The van der Waals surface area contributed by atoms with E-state index in [9.17, 15) is 13.2 Å². The Kier molecular flexibility index (Phi) is 6.65. The summed E-state index contributed by atoms with van der Waals surface area (Å²) in [6.07, 6.45) is -4.41. The van der Waals surface area contributed by atoms with Crippen LogP contribution in [0.2, 0.25) is 0 Å². The molecule has 98 valence electrons. The third-order valence-corrected chi connectivity index (χ3v) is 1.77. The van der Waals surface area contributed by atoms with Gasteiger partial charge in [-0.15, -0.1) is 0 Å². The Balaban J connectivity index is 0.00000121. The summed E-state index contributed by atoms with van der Waals surface area (Å²) in [6, 6.07) is 3.89. The monoisotopic (exact) mass is 250 g/mol. The molecular formula is C12H17F3O2. The van der Waals surface area contributed by atoms with Gasteiger partial charge in [0.25, 0.3) is 0 Å². The van der Waals surface area contributed by atoms with E-state index in [-0.39, 0.29) is 12.5 Å². The first-order chi connectivity index (χ1) is 7.95. The molecule has 0 saturated heterocycles. The van der Waals surface area contributed by atoms with Gasteiger partial charge in [-0.3, -0.25) is 0 Å². The Bertz CT molecular complexity index is 335. The van der Waals surface area contributed by atoms with Gasteiger partial charge in [0.2, 0.25) is 0 Å². The molecule has 0 fully saturated rings. The summed E-state index contributed by atoms with van der Waals surface area (Å²) in [5, 5.41) is 0. The van der Waals surface area contributed by atoms with Crippen LogP contribution in [0.4, 0.5) is 13.2 Å². The van der Waals surface area contributed by atoms with Crippen molar-refractivity contribution in [2.24, 2.45) is 0 Å². The lowest BCUT2D eigenvalue weighted by molar-refractivity contribution is -0.139. The van der Waals surface area contributed by atoms with Crippen molar-refractivity contribution < 1.29 is 22.6 Å². The maximum Gasteiger partial charge on any atom is 0.419 e. The van der Waals surface area contributed by atoms with Crippen LogP contribution in [0, 0.1) is 6.92 Å². The van der Waals surface area contributed by atoms with E-state index in [0.29, 0.717) is 5.56 Å². The van der Waals surface area contributed by atoms with Crippen molar-refractivity contribution in [3.8, 4) is 5.75 Å². The first-order valence-corrected chi connectivity index (χ1v) is 5.24. The Hall–Kier alpha value is -1.23. The zero-order chi connectivity index (χ0) is 13.5. The maximum atomic E-state index is 12.5. The third kappa shape index (κ3) is 5.08. The summed E-state index contributed by atoms with van der Waals surface area (Å²) in [4.78, 5) is 0. The van der Waals surface area contributed by atoms with Crippen molar-refractivity contribution in [2.75, 3.05) is 13.9 Å². The van der Waals surface area contributed by atoms with E-state index in [0.717, 1.165) is 6.07 Å². The summed E-state index contributed by atoms with van der Waals surface area (Å²) in [7, 11) is 1.35. The van der Waals surface area contributed by atoms with Gasteiger partial charge < -0.3 is 9.47 Å². The second kappa shape index (κ2) is 7.17. The number of ether oxygens (including phenoxy) is 2. The van der Waals surface area contributed by atoms with Gasteiger partial charge in [0, 0.05) is 7.11 Å². The largest absolute Gasteiger partial charge is 0.467 e. The molecule has 1 aromatic rings. The quantitative estimate of drug-likeness (QED) is 0.754. The molecule has 0 amide bonds. The molecule has 0 radical (unpaired) electrons. The molecule has 2 nitrogen and oxygen atoms in total. The minimum Gasteiger partial charge on any atom is -0.467 e. The van der Waals surface area contributed by atoms with Crippen molar-refractivity contribution in [1.29, 1.82) is 0 Å². The third-order valence-electron chi connectivity index (χ3n) is 1.77. The number of rotatable bonds is 3. The normalized spacial score (nSPS) is 10.5. The Morgan fingerprint density at radius 2 is 1.76 bits per heavy atom. The van der Waals surface area contributed by atoms with Crippen LogP contribution in [-0.2, 0) is 10.9 Å². The Morgan fingerprint density at radius 3 is 2.24 bits per heavy atom. The lowest BCUT2D eigenvalue weighted by Gasteiger charge is -2.13. The van der Waals surface area contributed by atoms with Crippen LogP contribution in [0.1, 0.15) is 25.0 Å². The molecule has 0 N–H and O–H groups in total. The van der Waals surface area contributed by atoms with Crippen molar-refractivity contribution in [3.05, 3.63) is 29.3 Å². The van der Waals surface area contributed by atoms with Crippen LogP contribution in [0.5, 0.6) is 5.75 Å². The predicted octanol–water partition coefficient (Wildman–Crippen LogP) is 4.02. The van der Waals surface area contributed by atoms with E-state index in [1.165, 1.54) is 13.2 Å². The summed E-state index contributed by atoms with van der Waals surface area (Å²) in [6.45, 7) is 5.39. The van der Waals surface area contributed by atoms with E-state index in [1.54, 1.807) is 13.0 Å². The minimum absolute atomic E-state index is 0.202. The van der Waals surface area contributed by atoms with Crippen LogP contribution < -0.4 is 4.74 Å². The highest BCUT2D eigenvalue weighted by molar-refractivity contribution is 5.38. The van der Waals surface area contributed by atoms with Crippen LogP contribution in [0.15, 0.2) is 18.2 Å². The molecule has 0 bridgehead atoms. The molecule has 17 heavy (non-hydrogen) atoms. The van der Waals surface area contributed by atoms with Gasteiger partial charge in [-0.05, 0) is 19.1 Å². The van der Waals surface area contributed by atoms with Crippen LogP contribution in [0.3, 0.4) is 0 Å². The molecule has 0 aliphatic heterocycles. The van der Waals surface area contributed by atoms with E-state index in [4.69, 9.17) is 4.74 Å². The minimum atomic E-state index is -4.41. The number of methoxy groups -OCH3 is 1. The number of hydrogen-bond acceptors (Lipinski definition) is 2. The SMILES string of the molecule is CC.COCOc1ccc(C)cc1C(F)(F)F. The number of aryl methyl sites for hydroxylation is 1. The summed E-state index contributed by atoms with van der Waals surface area (Å²) >= 11 is 0. The molecule has 0 aliphatic carbocycles. The fourth-order valence-electron chi connectivity index (χ4n) is 1.11. The summed E-state index contributed by atoms with van der Waals surface area (Å²) in [5.41, 5.74) is -0.244.